The summed E-state index contributed by atoms with van der Waals surface area (Å²) in [6, 6.07) is 0. The molecule has 0 heterocycles. The van der Waals surface area contributed by atoms with E-state index >= 15 is 0 Å². The van der Waals surface area contributed by atoms with E-state index in [2.05, 4.69) is 31.2 Å². The molecular weight excluding hydrogens is 232 g/mol. The van der Waals surface area contributed by atoms with Gasteiger partial charge in [0, 0.05) is 6.42 Å². The monoisotopic (exact) mass is 262 g/mol. The SMILES string of the molecule is CCCCCCC1CC=CCC1/C=C\CCCC=O. The highest BCUT2D eigenvalue weighted by Crippen LogP contribution is 2.31. The summed E-state index contributed by atoms with van der Waals surface area (Å²) in [5, 5.41) is 0. The van der Waals surface area contributed by atoms with Crippen LogP contribution in [0, 0.1) is 11.8 Å². The second kappa shape index (κ2) is 11.0. The van der Waals surface area contributed by atoms with Crippen LogP contribution in [0.1, 0.15) is 71.1 Å². The maximum absolute atomic E-state index is 10.3. The molecule has 0 bridgehead atoms. The molecule has 0 aromatic rings. The molecule has 1 aliphatic rings. The zero-order valence-corrected chi connectivity index (χ0v) is 12.5. The fourth-order valence-electron chi connectivity index (χ4n) is 2.88. The predicted molar refractivity (Wildman–Crippen MR) is 83.2 cm³/mol. The van der Waals surface area contributed by atoms with Gasteiger partial charge in [0.25, 0.3) is 0 Å². The summed E-state index contributed by atoms with van der Waals surface area (Å²) < 4.78 is 0. The van der Waals surface area contributed by atoms with E-state index in [-0.39, 0.29) is 0 Å². The molecule has 19 heavy (non-hydrogen) atoms. The van der Waals surface area contributed by atoms with Gasteiger partial charge in [0.2, 0.25) is 0 Å². The summed E-state index contributed by atoms with van der Waals surface area (Å²) in [4.78, 5) is 10.3. The maximum Gasteiger partial charge on any atom is 0.120 e. The largest absolute Gasteiger partial charge is 0.303 e. The summed E-state index contributed by atoms with van der Waals surface area (Å²) >= 11 is 0. The van der Waals surface area contributed by atoms with Crippen molar-refractivity contribution in [3.05, 3.63) is 24.3 Å². The number of hydrogen-bond acceptors (Lipinski definition) is 1. The van der Waals surface area contributed by atoms with E-state index < -0.39 is 0 Å². The minimum atomic E-state index is 0.704. The molecule has 0 aliphatic heterocycles. The van der Waals surface area contributed by atoms with E-state index in [0.29, 0.717) is 6.42 Å². The summed E-state index contributed by atoms with van der Waals surface area (Å²) in [5.41, 5.74) is 0. The number of allylic oxidation sites excluding steroid dienone is 4. The van der Waals surface area contributed by atoms with E-state index in [9.17, 15) is 4.79 Å². The molecule has 1 aliphatic carbocycles. The fourth-order valence-corrected chi connectivity index (χ4v) is 2.88. The Morgan fingerprint density at radius 1 is 1.05 bits per heavy atom. The third-order valence-electron chi connectivity index (χ3n) is 4.12. The van der Waals surface area contributed by atoms with Crippen LogP contribution in [0.5, 0.6) is 0 Å². The van der Waals surface area contributed by atoms with Crippen molar-refractivity contribution in [2.45, 2.75) is 71.1 Å². The lowest BCUT2D eigenvalue weighted by Crippen LogP contribution is -2.14. The van der Waals surface area contributed by atoms with Gasteiger partial charge < -0.3 is 4.79 Å². The van der Waals surface area contributed by atoms with Gasteiger partial charge in [-0.25, -0.2) is 0 Å². The first-order valence-electron chi connectivity index (χ1n) is 8.13. The van der Waals surface area contributed by atoms with Crippen molar-refractivity contribution in [2.24, 2.45) is 11.8 Å². The molecule has 0 aromatic carbocycles. The van der Waals surface area contributed by atoms with Gasteiger partial charge in [0.1, 0.15) is 6.29 Å². The van der Waals surface area contributed by atoms with Gasteiger partial charge in [-0.15, -0.1) is 0 Å². The van der Waals surface area contributed by atoms with Crippen LogP contribution in [0.15, 0.2) is 24.3 Å². The van der Waals surface area contributed by atoms with Crippen LogP contribution in [-0.4, -0.2) is 6.29 Å². The average Bonchev–Trinajstić information content (AvgIpc) is 2.45. The Kier molecular flexibility index (Phi) is 9.40. The number of aldehydes is 1. The van der Waals surface area contributed by atoms with Crippen LogP contribution in [-0.2, 0) is 4.79 Å². The van der Waals surface area contributed by atoms with E-state index in [1.54, 1.807) is 0 Å². The zero-order chi connectivity index (χ0) is 13.8. The van der Waals surface area contributed by atoms with Crippen LogP contribution in [0.4, 0.5) is 0 Å². The highest BCUT2D eigenvalue weighted by atomic mass is 16.1. The van der Waals surface area contributed by atoms with Gasteiger partial charge in [-0.3, -0.25) is 0 Å². The minimum Gasteiger partial charge on any atom is -0.303 e. The highest BCUT2D eigenvalue weighted by molar-refractivity contribution is 5.49. The molecule has 1 nitrogen and oxygen atoms in total. The van der Waals surface area contributed by atoms with Crippen LogP contribution >= 0.6 is 0 Å². The van der Waals surface area contributed by atoms with Crippen molar-refractivity contribution >= 4 is 6.29 Å². The smallest absolute Gasteiger partial charge is 0.120 e. The predicted octanol–water partition coefficient (Wildman–Crippen LogP) is 5.46. The molecule has 0 saturated carbocycles. The fraction of sp³-hybridized carbons (Fsp3) is 0.722. The Morgan fingerprint density at radius 2 is 1.89 bits per heavy atom. The van der Waals surface area contributed by atoms with E-state index in [1.165, 1.54) is 44.9 Å². The van der Waals surface area contributed by atoms with Crippen molar-refractivity contribution in [1.29, 1.82) is 0 Å². The average molecular weight is 262 g/mol. The molecule has 0 saturated heterocycles. The standard InChI is InChI=1S/C18H30O/c1-2-3-4-7-12-17-14-9-10-15-18(17)13-8-5-6-11-16-19/h8-10,13,16-18H,2-7,11-12,14-15H2,1H3/b13-8-. The van der Waals surface area contributed by atoms with E-state index in [0.717, 1.165) is 31.0 Å². The molecular formula is C18H30O. The minimum absolute atomic E-state index is 0.704. The van der Waals surface area contributed by atoms with Gasteiger partial charge in [0.05, 0.1) is 0 Å². The first kappa shape index (κ1) is 16.2. The number of unbranched alkanes of at least 4 members (excludes halogenated alkanes) is 5. The van der Waals surface area contributed by atoms with E-state index in [4.69, 9.17) is 0 Å². The molecule has 2 unspecified atom stereocenters. The lowest BCUT2D eigenvalue weighted by Gasteiger charge is -2.26. The number of hydrogen-bond donors (Lipinski definition) is 0. The summed E-state index contributed by atoms with van der Waals surface area (Å²) in [5.74, 6) is 1.59. The second-order valence-electron chi connectivity index (χ2n) is 5.74. The Balaban J connectivity index is 2.27. The van der Waals surface area contributed by atoms with Crippen molar-refractivity contribution in [3.8, 4) is 0 Å². The van der Waals surface area contributed by atoms with Gasteiger partial charge >= 0.3 is 0 Å². The van der Waals surface area contributed by atoms with Crippen molar-refractivity contribution < 1.29 is 4.79 Å². The Bertz CT molecular complexity index is 277. The molecule has 2 atom stereocenters. The van der Waals surface area contributed by atoms with Crippen molar-refractivity contribution in [2.75, 3.05) is 0 Å². The normalized spacial score (nSPS) is 23.0. The van der Waals surface area contributed by atoms with Crippen molar-refractivity contribution in [1.82, 2.24) is 0 Å². The lowest BCUT2D eigenvalue weighted by molar-refractivity contribution is -0.107. The van der Waals surface area contributed by atoms with Crippen LogP contribution in [0.3, 0.4) is 0 Å². The van der Waals surface area contributed by atoms with Crippen molar-refractivity contribution in [3.63, 3.8) is 0 Å². The molecule has 0 N–H and O–H groups in total. The molecule has 0 fully saturated rings. The molecule has 1 heteroatoms. The highest BCUT2D eigenvalue weighted by Gasteiger charge is 2.19. The number of carbonyl (C=O) groups excluding carboxylic acids is 1. The van der Waals surface area contributed by atoms with E-state index in [1.807, 2.05) is 0 Å². The molecule has 108 valence electrons. The topological polar surface area (TPSA) is 17.1 Å². The summed E-state index contributed by atoms with van der Waals surface area (Å²) in [6.07, 6.45) is 22.5. The first-order chi connectivity index (χ1) is 9.38. The molecule has 0 spiro atoms. The summed E-state index contributed by atoms with van der Waals surface area (Å²) in [6.45, 7) is 2.27. The third-order valence-corrected chi connectivity index (χ3v) is 4.12. The Labute approximate surface area is 119 Å². The third kappa shape index (κ3) is 7.34. The van der Waals surface area contributed by atoms with Gasteiger partial charge in [-0.05, 0) is 43.9 Å². The van der Waals surface area contributed by atoms with Gasteiger partial charge in [-0.2, -0.15) is 0 Å². The quantitative estimate of drug-likeness (QED) is 0.290. The first-order valence-corrected chi connectivity index (χ1v) is 8.13. The maximum atomic E-state index is 10.3. The summed E-state index contributed by atoms with van der Waals surface area (Å²) in [7, 11) is 0. The zero-order valence-electron chi connectivity index (χ0n) is 12.5. The second-order valence-corrected chi connectivity index (χ2v) is 5.74. The van der Waals surface area contributed by atoms with Gasteiger partial charge in [0.15, 0.2) is 0 Å². The molecule has 0 aromatic heterocycles. The van der Waals surface area contributed by atoms with Gasteiger partial charge in [-0.1, -0.05) is 56.9 Å². The lowest BCUT2D eigenvalue weighted by atomic mass is 9.79. The molecule has 0 amide bonds. The Morgan fingerprint density at radius 3 is 2.68 bits per heavy atom. The van der Waals surface area contributed by atoms with Crippen LogP contribution in [0.25, 0.3) is 0 Å². The molecule has 0 radical (unpaired) electrons. The van der Waals surface area contributed by atoms with Crippen LogP contribution in [0.2, 0.25) is 0 Å². The molecule has 1 rings (SSSR count). The van der Waals surface area contributed by atoms with Crippen LogP contribution < -0.4 is 0 Å². The Hall–Kier alpha value is -0.850. The number of rotatable bonds is 10. The number of carbonyl (C=O) groups is 1.